The molecule has 8 heteroatoms. The minimum Gasteiger partial charge on any atom is -0.466 e. The number of carbonyl (C=O) groups excluding carboxylic acids is 1. The molecule has 0 bridgehead atoms. The van der Waals surface area contributed by atoms with Crippen molar-refractivity contribution < 1.29 is 9.21 Å². The summed E-state index contributed by atoms with van der Waals surface area (Å²) in [6.07, 6.45) is 3.16. The Bertz CT molecular complexity index is 1210. The molecule has 0 atom stereocenters. The number of nitrogens with one attached hydrogen (secondary N) is 1. The first-order valence-corrected chi connectivity index (χ1v) is 9.60. The number of nitrogens with zero attached hydrogens (tertiary/aromatic N) is 4. The van der Waals surface area contributed by atoms with Gasteiger partial charge in [-0.25, -0.2) is 14.6 Å². The van der Waals surface area contributed by atoms with Gasteiger partial charge in [0.15, 0.2) is 5.65 Å². The van der Waals surface area contributed by atoms with Gasteiger partial charge in [0.05, 0.1) is 27.9 Å². The zero-order valence-electron chi connectivity index (χ0n) is 16.5. The standard InChI is InChI=1S/C21H20ClN5O2/c1-11(2)27-20-17(10-24-27)16(21(28)26-19-6-5-14(22)9-23-19)8-18(25-20)15-7-12(3)29-13(15)4/h5-11H,1-4H3,(H,23,26,28). The summed E-state index contributed by atoms with van der Waals surface area (Å²) in [5.74, 6) is 1.65. The Morgan fingerprint density at radius 2 is 2.00 bits per heavy atom. The van der Waals surface area contributed by atoms with Crippen LogP contribution in [0.15, 0.2) is 41.1 Å². The lowest BCUT2D eigenvalue weighted by molar-refractivity contribution is 0.102. The van der Waals surface area contributed by atoms with Crippen molar-refractivity contribution in [3.8, 4) is 11.3 Å². The van der Waals surface area contributed by atoms with Crippen LogP contribution in [-0.4, -0.2) is 25.7 Å². The van der Waals surface area contributed by atoms with Gasteiger partial charge in [0.25, 0.3) is 5.91 Å². The number of pyridine rings is 2. The van der Waals surface area contributed by atoms with Crippen LogP contribution in [0, 0.1) is 13.8 Å². The molecule has 0 aliphatic rings. The smallest absolute Gasteiger partial charge is 0.257 e. The number of hydrogen-bond acceptors (Lipinski definition) is 5. The van der Waals surface area contributed by atoms with E-state index in [1.54, 1.807) is 29.1 Å². The molecule has 0 aliphatic carbocycles. The lowest BCUT2D eigenvalue weighted by atomic mass is 10.1. The van der Waals surface area contributed by atoms with Crippen molar-refractivity contribution in [1.82, 2.24) is 19.7 Å². The maximum atomic E-state index is 13.1. The van der Waals surface area contributed by atoms with Gasteiger partial charge in [-0.15, -0.1) is 0 Å². The molecule has 7 nitrogen and oxygen atoms in total. The maximum Gasteiger partial charge on any atom is 0.257 e. The Labute approximate surface area is 172 Å². The highest BCUT2D eigenvalue weighted by molar-refractivity contribution is 6.30. The predicted molar refractivity (Wildman–Crippen MR) is 112 cm³/mol. The summed E-state index contributed by atoms with van der Waals surface area (Å²) >= 11 is 5.88. The second kappa shape index (κ2) is 7.33. The monoisotopic (exact) mass is 409 g/mol. The van der Waals surface area contributed by atoms with Gasteiger partial charge in [0, 0.05) is 17.8 Å². The van der Waals surface area contributed by atoms with Crippen LogP contribution in [0.4, 0.5) is 5.82 Å². The summed E-state index contributed by atoms with van der Waals surface area (Å²) in [6.45, 7) is 7.80. The highest BCUT2D eigenvalue weighted by atomic mass is 35.5. The fraction of sp³-hybridized carbons (Fsp3) is 0.238. The number of carbonyl (C=O) groups is 1. The lowest BCUT2D eigenvalue weighted by Crippen LogP contribution is -2.14. The van der Waals surface area contributed by atoms with E-state index in [2.05, 4.69) is 15.4 Å². The summed E-state index contributed by atoms with van der Waals surface area (Å²) in [5, 5.41) is 8.43. The van der Waals surface area contributed by atoms with Crippen LogP contribution in [0.5, 0.6) is 0 Å². The van der Waals surface area contributed by atoms with Crippen molar-refractivity contribution in [3.05, 3.63) is 58.8 Å². The van der Waals surface area contributed by atoms with E-state index in [0.717, 1.165) is 17.1 Å². The first kappa shape index (κ1) is 19.1. The SMILES string of the molecule is Cc1cc(-c2cc(C(=O)Nc3ccc(Cl)cn3)c3cnn(C(C)C)c3n2)c(C)o1. The molecule has 1 N–H and O–H groups in total. The van der Waals surface area contributed by atoms with Crippen LogP contribution < -0.4 is 5.32 Å². The molecule has 0 aliphatic heterocycles. The maximum absolute atomic E-state index is 13.1. The topological polar surface area (TPSA) is 85.8 Å². The number of fused-ring (bicyclic) bond motifs is 1. The van der Waals surface area contributed by atoms with Gasteiger partial charge in [-0.2, -0.15) is 5.10 Å². The third-order valence-corrected chi connectivity index (χ3v) is 4.81. The van der Waals surface area contributed by atoms with Crippen LogP contribution in [0.3, 0.4) is 0 Å². The average Bonchev–Trinajstić information content (AvgIpc) is 3.25. The van der Waals surface area contributed by atoms with Crippen molar-refractivity contribution in [1.29, 1.82) is 0 Å². The third kappa shape index (κ3) is 3.61. The number of hydrogen-bond donors (Lipinski definition) is 1. The van der Waals surface area contributed by atoms with Gasteiger partial charge in [-0.1, -0.05) is 11.6 Å². The number of aryl methyl sites for hydroxylation is 2. The summed E-state index contributed by atoms with van der Waals surface area (Å²) in [5.41, 5.74) is 2.61. The third-order valence-electron chi connectivity index (χ3n) is 4.59. The van der Waals surface area contributed by atoms with E-state index in [1.807, 2.05) is 33.8 Å². The molecule has 29 heavy (non-hydrogen) atoms. The molecule has 1 amide bonds. The van der Waals surface area contributed by atoms with Crippen LogP contribution in [-0.2, 0) is 0 Å². The van der Waals surface area contributed by atoms with Gasteiger partial charge < -0.3 is 9.73 Å². The number of furan rings is 1. The largest absolute Gasteiger partial charge is 0.466 e. The molecule has 0 aromatic carbocycles. The fourth-order valence-electron chi connectivity index (χ4n) is 3.24. The molecule has 0 saturated carbocycles. The highest BCUT2D eigenvalue weighted by Gasteiger charge is 2.20. The van der Waals surface area contributed by atoms with Crippen molar-refractivity contribution in [2.45, 2.75) is 33.7 Å². The molecule has 0 radical (unpaired) electrons. The van der Waals surface area contributed by atoms with Crippen LogP contribution >= 0.6 is 11.6 Å². The number of aromatic nitrogens is 4. The van der Waals surface area contributed by atoms with E-state index in [4.69, 9.17) is 21.0 Å². The normalized spacial score (nSPS) is 11.4. The predicted octanol–water partition coefficient (Wildman–Crippen LogP) is 5.19. The van der Waals surface area contributed by atoms with E-state index >= 15 is 0 Å². The molecule has 4 heterocycles. The molecule has 0 spiro atoms. The fourth-order valence-corrected chi connectivity index (χ4v) is 3.35. The molecule has 4 aromatic rings. The summed E-state index contributed by atoms with van der Waals surface area (Å²) in [7, 11) is 0. The lowest BCUT2D eigenvalue weighted by Gasteiger charge is -2.10. The number of halogens is 1. The van der Waals surface area contributed by atoms with Gasteiger partial charge in [-0.05, 0) is 52.0 Å². The van der Waals surface area contributed by atoms with Crippen molar-refractivity contribution in [2.24, 2.45) is 0 Å². The van der Waals surface area contributed by atoms with Crippen molar-refractivity contribution >= 4 is 34.4 Å². The van der Waals surface area contributed by atoms with Gasteiger partial charge in [0.1, 0.15) is 17.3 Å². The molecule has 4 rings (SSSR count). The Morgan fingerprint density at radius 3 is 2.62 bits per heavy atom. The minimum absolute atomic E-state index is 0.0938. The zero-order chi connectivity index (χ0) is 20.7. The number of amides is 1. The van der Waals surface area contributed by atoms with E-state index < -0.39 is 0 Å². The van der Waals surface area contributed by atoms with Crippen molar-refractivity contribution in [3.63, 3.8) is 0 Å². The zero-order valence-corrected chi connectivity index (χ0v) is 17.3. The van der Waals surface area contributed by atoms with Crippen LogP contribution in [0.1, 0.15) is 41.8 Å². The van der Waals surface area contributed by atoms with Crippen LogP contribution in [0.25, 0.3) is 22.3 Å². The second-order valence-corrected chi connectivity index (χ2v) is 7.55. The van der Waals surface area contributed by atoms with Gasteiger partial charge in [-0.3, -0.25) is 4.79 Å². The second-order valence-electron chi connectivity index (χ2n) is 7.12. The van der Waals surface area contributed by atoms with E-state index in [9.17, 15) is 4.79 Å². The van der Waals surface area contributed by atoms with Crippen molar-refractivity contribution in [2.75, 3.05) is 5.32 Å². The molecule has 0 saturated heterocycles. The Kier molecular flexibility index (Phi) is 4.84. The highest BCUT2D eigenvalue weighted by Crippen LogP contribution is 2.30. The quantitative estimate of drug-likeness (QED) is 0.501. The van der Waals surface area contributed by atoms with E-state index in [0.29, 0.717) is 33.1 Å². The molecule has 0 unspecified atom stereocenters. The molecule has 0 fully saturated rings. The average molecular weight is 410 g/mol. The molecule has 148 valence electrons. The van der Waals surface area contributed by atoms with Gasteiger partial charge >= 0.3 is 0 Å². The number of rotatable bonds is 4. The number of anilines is 1. The summed E-state index contributed by atoms with van der Waals surface area (Å²) in [6, 6.07) is 7.10. The Morgan fingerprint density at radius 1 is 1.21 bits per heavy atom. The first-order valence-electron chi connectivity index (χ1n) is 9.22. The minimum atomic E-state index is -0.297. The first-order chi connectivity index (χ1) is 13.8. The molecular formula is C21H20ClN5O2. The van der Waals surface area contributed by atoms with Crippen LogP contribution in [0.2, 0.25) is 5.02 Å². The van der Waals surface area contributed by atoms with E-state index in [-0.39, 0.29) is 11.9 Å². The summed E-state index contributed by atoms with van der Waals surface area (Å²) in [4.78, 5) is 22.0. The Balaban J connectivity index is 1.86. The Hall–Kier alpha value is -3.19. The van der Waals surface area contributed by atoms with E-state index in [1.165, 1.54) is 6.20 Å². The molecule has 4 aromatic heterocycles. The molecular weight excluding hydrogens is 390 g/mol. The summed E-state index contributed by atoms with van der Waals surface area (Å²) < 4.78 is 7.47. The van der Waals surface area contributed by atoms with Gasteiger partial charge in [0.2, 0.25) is 0 Å².